The van der Waals surface area contributed by atoms with Crippen molar-refractivity contribution < 1.29 is 0 Å². The highest BCUT2D eigenvalue weighted by Gasteiger charge is 2.46. The quantitative estimate of drug-likeness (QED) is 0.280. The number of para-hydroxylation sites is 1. The Bertz CT molecular complexity index is 1550. The molecule has 0 saturated carbocycles. The maximum atomic E-state index is 3.70. The minimum absolute atomic E-state index is 0.108. The van der Waals surface area contributed by atoms with Gasteiger partial charge in [0.15, 0.2) is 0 Å². The Balaban J connectivity index is 1.56. The van der Waals surface area contributed by atoms with E-state index in [0.717, 1.165) is 0 Å². The summed E-state index contributed by atoms with van der Waals surface area (Å²) in [6.45, 7) is 4.70. The molecule has 1 N–H and O–H groups in total. The lowest BCUT2D eigenvalue weighted by molar-refractivity contribution is 0.634. The number of fused-ring (bicyclic) bond motifs is 5. The Labute approximate surface area is 207 Å². The van der Waals surface area contributed by atoms with Gasteiger partial charge in [-0.1, -0.05) is 123 Å². The standard InChI is InChI=1S/C34H27N/c1-33(2)29-18-10-11-19-31(29)35-32-21-20-24(22-30(32)33)34(23-12-4-3-5-13-23)27-16-8-6-14-25(27)26-15-7-9-17-28(26)34/h3-22,35H,1-2H3. The molecule has 0 amide bonds. The van der Waals surface area contributed by atoms with Crippen molar-refractivity contribution in [2.24, 2.45) is 0 Å². The van der Waals surface area contributed by atoms with Crippen molar-refractivity contribution in [3.63, 3.8) is 0 Å². The van der Waals surface area contributed by atoms with Crippen LogP contribution in [0.2, 0.25) is 0 Å². The lowest BCUT2D eigenvalue weighted by Gasteiger charge is -2.39. The fraction of sp³-hybridized carbons (Fsp3) is 0.118. The lowest BCUT2D eigenvalue weighted by Crippen LogP contribution is -2.31. The van der Waals surface area contributed by atoms with E-state index in [2.05, 4.69) is 140 Å². The van der Waals surface area contributed by atoms with E-state index in [1.54, 1.807) is 0 Å². The minimum Gasteiger partial charge on any atom is -0.355 e. The molecule has 0 bridgehead atoms. The number of rotatable bonds is 2. The van der Waals surface area contributed by atoms with Gasteiger partial charge >= 0.3 is 0 Å². The van der Waals surface area contributed by atoms with Gasteiger partial charge in [0.2, 0.25) is 0 Å². The first kappa shape index (κ1) is 20.3. The third-order valence-electron chi connectivity index (χ3n) is 8.15. The number of anilines is 2. The molecule has 5 aromatic carbocycles. The van der Waals surface area contributed by atoms with Crippen molar-refractivity contribution in [3.8, 4) is 11.1 Å². The molecule has 35 heavy (non-hydrogen) atoms. The van der Waals surface area contributed by atoms with E-state index in [0.29, 0.717) is 0 Å². The van der Waals surface area contributed by atoms with Crippen LogP contribution in [-0.4, -0.2) is 0 Å². The molecule has 1 heterocycles. The molecule has 1 aliphatic heterocycles. The summed E-state index contributed by atoms with van der Waals surface area (Å²) in [6, 6.07) is 44.7. The fourth-order valence-electron chi connectivity index (χ4n) is 6.54. The molecule has 0 spiro atoms. The number of benzene rings is 5. The Hall–Kier alpha value is -4.10. The monoisotopic (exact) mass is 449 g/mol. The van der Waals surface area contributed by atoms with Crippen LogP contribution < -0.4 is 5.32 Å². The predicted octanol–water partition coefficient (Wildman–Crippen LogP) is 8.43. The van der Waals surface area contributed by atoms with E-state index >= 15 is 0 Å². The molecule has 0 atom stereocenters. The molecule has 1 aliphatic carbocycles. The summed E-state index contributed by atoms with van der Waals surface area (Å²) in [5, 5.41) is 3.70. The van der Waals surface area contributed by atoms with Crippen LogP contribution >= 0.6 is 0 Å². The summed E-state index contributed by atoms with van der Waals surface area (Å²) >= 11 is 0. The second kappa shape index (κ2) is 7.20. The van der Waals surface area contributed by atoms with Gasteiger partial charge in [0.1, 0.15) is 0 Å². The summed E-state index contributed by atoms with van der Waals surface area (Å²) in [4.78, 5) is 0. The molecule has 0 fully saturated rings. The van der Waals surface area contributed by atoms with Crippen molar-refractivity contribution in [2.45, 2.75) is 24.7 Å². The first-order valence-electron chi connectivity index (χ1n) is 12.4. The molecule has 0 aromatic heterocycles. The van der Waals surface area contributed by atoms with Crippen molar-refractivity contribution in [1.82, 2.24) is 0 Å². The zero-order valence-electron chi connectivity index (χ0n) is 20.0. The first-order chi connectivity index (χ1) is 17.1. The van der Waals surface area contributed by atoms with Gasteiger partial charge < -0.3 is 5.32 Å². The Morgan fingerprint density at radius 3 is 1.69 bits per heavy atom. The van der Waals surface area contributed by atoms with Crippen LogP contribution in [0.5, 0.6) is 0 Å². The highest BCUT2D eigenvalue weighted by Crippen LogP contribution is 2.57. The van der Waals surface area contributed by atoms with Gasteiger partial charge in [-0.3, -0.25) is 0 Å². The van der Waals surface area contributed by atoms with E-state index in [4.69, 9.17) is 0 Å². The topological polar surface area (TPSA) is 12.0 Å². The zero-order chi connectivity index (χ0) is 23.6. The average Bonchev–Trinajstić information content (AvgIpc) is 3.21. The maximum absolute atomic E-state index is 3.70. The van der Waals surface area contributed by atoms with Crippen LogP contribution in [0.15, 0.2) is 121 Å². The van der Waals surface area contributed by atoms with Crippen molar-refractivity contribution in [3.05, 3.63) is 155 Å². The molecule has 2 aliphatic rings. The van der Waals surface area contributed by atoms with Crippen LogP contribution in [0.25, 0.3) is 11.1 Å². The smallest absolute Gasteiger partial charge is 0.0713 e. The minimum atomic E-state index is -0.365. The predicted molar refractivity (Wildman–Crippen MR) is 146 cm³/mol. The molecule has 0 saturated heterocycles. The maximum Gasteiger partial charge on any atom is 0.0713 e. The highest BCUT2D eigenvalue weighted by atomic mass is 14.9. The normalized spacial score (nSPS) is 15.8. The van der Waals surface area contributed by atoms with E-state index in [1.807, 2.05) is 0 Å². The third-order valence-corrected chi connectivity index (χ3v) is 8.15. The highest BCUT2D eigenvalue weighted by molar-refractivity contribution is 5.87. The van der Waals surface area contributed by atoms with Crippen molar-refractivity contribution >= 4 is 11.4 Å². The lowest BCUT2D eigenvalue weighted by atomic mass is 9.65. The fourth-order valence-corrected chi connectivity index (χ4v) is 6.54. The zero-order valence-corrected chi connectivity index (χ0v) is 20.0. The van der Waals surface area contributed by atoms with Crippen LogP contribution in [0, 0.1) is 0 Å². The van der Waals surface area contributed by atoms with Gasteiger partial charge in [-0.25, -0.2) is 0 Å². The molecular formula is C34H27N. The van der Waals surface area contributed by atoms with Crippen LogP contribution in [0.3, 0.4) is 0 Å². The number of nitrogens with one attached hydrogen (secondary N) is 1. The van der Waals surface area contributed by atoms with Crippen LogP contribution in [0.1, 0.15) is 47.2 Å². The van der Waals surface area contributed by atoms with E-state index in [-0.39, 0.29) is 10.8 Å². The third kappa shape index (κ3) is 2.64. The van der Waals surface area contributed by atoms with Gasteiger partial charge in [0.25, 0.3) is 0 Å². The molecule has 0 radical (unpaired) electrons. The largest absolute Gasteiger partial charge is 0.355 e. The molecule has 1 heteroatoms. The van der Waals surface area contributed by atoms with Gasteiger partial charge in [-0.05, 0) is 56.6 Å². The number of hydrogen-bond donors (Lipinski definition) is 1. The van der Waals surface area contributed by atoms with Gasteiger partial charge in [-0.15, -0.1) is 0 Å². The first-order valence-corrected chi connectivity index (χ1v) is 12.4. The molecule has 0 unspecified atom stereocenters. The summed E-state index contributed by atoms with van der Waals surface area (Å²) in [7, 11) is 0. The summed E-state index contributed by atoms with van der Waals surface area (Å²) in [5.74, 6) is 0. The van der Waals surface area contributed by atoms with Crippen LogP contribution in [0.4, 0.5) is 11.4 Å². The second-order valence-corrected chi connectivity index (χ2v) is 10.3. The molecule has 168 valence electrons. The molecular weight excluding hydrogens is 422 g/mol. The Kier molecular flexibility index (Phi) is 4.17. The van der Waals surface area contributed by atoms with Crippen LogP contribution in [-0.2, 0) is 10.8 Å². The van der Waals surface area contributed by atoms with Gasteiger partial charge in [0.05, 0.1) is 5.41 Å². The van der Waals surface area contributed by atoms with Crippen molar-refractivity contribution in [2.75, 3.05) is 5.32 Å². The summed E-state index contributed by atoms with van der Waals surface area (Å²) < 4.78 is 0. The number of hydrogen-bond acceptors (Lipinski definition) is 1. The SMILES string of the molecule is CC1(C)c2ccccc2Nc2ccc(C3(c4ccccc4)c4ccccc4-c4ccccc43)cc21. The van der Waals surface area contributed by atoms with Crippen molar-refractivity contribution in [1.29, 1.82) is 0 Å². The Morgan fingerprint density at radius 1 is 0.457 bits per heavy atom. The van der Waals surface area contributed by atoms with E-state index in [9.17, 15) is 0 Å². The van der Waals surface area contributed by atoms with Gasteiger partial charge in [-0.2, -0.15) is 0 Å². The van der Waals surface area contributed by atoms with E-state index in [1.165, 1.54) is 55.9 Å². The average molecular weight is 450 g/mol. The summed E-state index contributed by atoms with van der Waals surface area (Å²) in [6.07, 6.45) is 0. The van der Waals surface area contributed by atoms with E-state index < -0.39 is 0 Å². The van der Waals surface area contributed by atoms with Gasteiger partial charge in [0, 0.05) is 16.8 Å². The molecule has 1 nitrogen and oxygen atoms in total. The second-order valence-electron chi connectivity index (χ2n) is 10.3. The molecule has 7 rings (SSSR count). The Morgan fingerprint density at radius 2 is 1.00 bits per heavy atom. The summed E-state index contributed by atoms with van der Waals surface area (Å²) in [5.41, 5.74) is 12.6. The molecule has 5 aromatic rings.